The Bertz CT molecular complexity index is 645. The molecule has 0 spiro atoms. The smallest absolute Gasteiger partial charge is 0.240 e. The number of unbranched alkanes of at least 4 members (excludes halogenated alkanes) is 1. The summed E-state index contributed by atoms with van der Waals surface area (Å²) in [7, 11) is 1.78. The lowest BCUT2D eigenvalue weighted by atomic mass is 10.2. The number of nitrogens with one attached hydrogen (secondary N) is 1. The van der Waals surface area contributed by atoms with Crippen LogP contribution in [0.15, 0.2) is 28.8 Å². The van der Waals surface area contributed by atoms with Crippen molar-refractivity contribution in [3.63, 3.8) is 0 Å². The van der Waals surface area contributed by atoms with Gasteiger partial charge in [-0.05, 0) is 31.7 Å². The summed E-state index contributed by atoms with van der Waals surface area (Å²) < 4.78 is 18.2. The van der Waals surface area contributed by atoms with Gasteiger partial charge in [0, 0.05) is 12.1 Å². The van der Waals surface area contributed by atoms with Crippen LogP contribution < -0.4 is 5.32 Å². The van der Waals surface area contributed by atoms with Gasteiger partial charge in [0.15, 0.2) is 5.82 Å². The molecule has 0 radical (unpaired) electrons. The van der Waals surface area contributed by atoms with E-state index in [1.165, 1.54) is 12.1 Å². The molecule has 0 saturated carbocycles. The van der Waals surface area contributed by atoms with Gasteiger partial charge in [-0.15, -0.1) is 0 Å². The van der Waals surface area contributed by atoms with Crippen LogP contribution in [-0.2, 0) is 17.8 Å². The zero-order valence-electron chi connectivity index (χ0n) is 13.4. The minimum atomic E-state index is -0.387. The van der Waals surface area contributed by atoms with Crippen LogP contribution in [0, 0.1) is 5.82 Å². The molecular weight excluding hydrogens is 299 g/mol. The van der Waals surface area contributed by atoms with Gasteiger partial charge in [-0.3, -0.25) is 9.69 Å². The number of amides is 1. The van der Waals surface area contributed by atoms with Gasteiger partial charge in [0.05, 0.1) is 13.1 Å². The molecule has 0 aliphatic heterocycles. The highest BCUT2D eigenvalue weighted by molar-refractivity contribution is 5.92. The fourth-order valence-electron chi connectivity index (χ4n) is 2.09. The minimum Gasteiger partial charge on any atom is -0.338 e. The fourth-order valence-corrected chi connectivity index (χ4v) is 2.09. The standard InChI is InChI=1S/C16H21FN4O2/c1-3-4-8-14-19-16(23-20-14)11-21(2)10-15(22)18-13-7-5-6-12(17)9-13/h5-7,9H,3-4,8,10-11H2,1-2H3,(H,18,22). The monoisotopic (exact) mass is 320 g/mol. The summed E-state index contributed by atoms with van der Waals surface area (Å²) in [5.74, 6) is 0.557. The molecule has 0 fully saturated rings. The highest BCUT2D eigenvalue weighted by Crippen LogP contribution is 2.09. The third-order valence-electron chi connectivity index (χ3n) is 3.19. The first-order chi connectivity index (χ1) is 11.1. The zero-order valence-corrected chi connectivity index (χ0v) is 13.4. The predicted octanol–water partition coefficient (Wildman–Crippen LogP) is 2.62. The Kier molecular flexibility index (Phi) is 6.22. The number of halogens is 1. The molecular formula is C16H21FN4O2. The average Bonchev–Trinajstić information content (AvgIpc) is 2.92. The molecule has 1 aromatic carbocycles. The number of carbonyl (C=O) groups excluding carboxylic acids is 1. The molecule has 0 aliphatic rings. The maximum absolute atomic E-state index is 13.1. The summed E-state index contributed by atoms with van der Waals surface area (Å²) >= 11 is 0. The van der Waals surface area contributed by atoms with Crippen molar-refractivity contribution in [2.75, 3.05) is 18.9 Å². The highest BCUT2D eigenvalue weighted by atomic mass is 19.1. The average molecular weight is 320 g/mol. The van der Waals surface area contributed by atoms with Gasteiger partial charge < -0.3 is 9.84 Å². The molecule has 2 aromatic rings. The van der Waals surface area contributed by atoms with E-state index < -0.39 is 0 Å². The van der Waals surface area contributed by atoms with E-state index in [1.54, 1.807) is 24.1 Å². The van der Waals surface area contributed by atoms with Gasteiger partial charge in [-0.25, -0.2) is 4.39 Å². The van der Waals surface area contributed by atoms with Gasteiger partial charge in [0.2, 0.25) is 11.8 Å². The maximum Gasteiger partial charge on any atom is 0.240 e. The molecule has 0 aliphatic carbocycles. The number of aromatic nitrogens is 2. The highest BCUT2D eigenvalue weighted by Gasteiger charge is 2.12. The van der Waals surface area contributed by atoms with E-state index in [2.05, 4.69) is 22.4 Å². The first-order valence-corrected chi connectivity index (χ1v) is 7.62. The van der Waals surface area contributed by atoms with Crippen LogP contribution in [0.3, 0.4) is 0 Å². The number of carbonyl (C=O) groups is 1. The molecule has 2 rings (SSSR count). The van der Waals surface area contributed by atoms with E-state index in [0.717, 1.165) is 19.3 Å². The summed E-state index contributed by atoms with van der Waals surface area (Å²) in [6.07, 6.45) is 2.89. The summed E-state index contributed by atoms with van der Waals surface area (Å²) in [6.45, 7) is 2.63. The number of benzene rings is 1. The largest absolute Gasteiger partial charge is 0.338 e. The number of anilines is 1. The van der Waals surface area contributed by atoms with E-state index in [9.17, 15) is 9.18 Å². The van der Waals surface area contributed by atoms with Gasteiger partial charge in [0.25, 0.3) is 0 Å². The Morgan fingerprint density at radius 2 is 2.26 bits per heavy atom. The molecule has 124 valence electrons. The van der Waals surface area contributed by atoms with Crippen LogP contribution in [0.5, 0.6) is 0 Å². The quantitative estimate of drug-likeness (QED) is 0.809. The lowest BCUT2D eigenvalue weighted by molar-refractivity contribution is -0.117. The molecule has 6 nitrogen and oxygen atoms in total. The number of likely N-dealkylation sites (N-methyl/N-ethyl adjacent to an activating group) is 1. The van der Waals surface area contributed by atoms with E-state index >= 15 is 0 Å². The zero-order chi connectivity index (χ0) is 16.7. The summed E-state index contributed by atoms with van der Waals surface area (Å²) in [6, 6.07) is 5.79. The first-order valence-electron chi connectivity index (χ1n) is 7.62. The van der Waals surface area contributed by atoms with Crippen molar-refractivity contribution in [3.05, 3.63) is 41.8 Å². The van der Waals surface area contributed by atoms with Crippen molar-refractivity contribution < 1.29 is 13.7 Å². The van der Waals surface area contributed by atoms with Crippen molar-refractivity contribution in [3.8, 4) is 0 Å². The van der Waals surface area contributed by atoms with Crippen molar-refractivity contribution in [1.82, 2.24) is 15.0 Å². The Balaban J connectivity index is 1.80. The molecule has 0 atom stereocenters. The van der Waals surface area contributed by atoms with Crippen LogP contribution >= 0.6 is 0 Å². The van der Waals surface area contributed by atoms with Gasteiger partial charge in [-0.1, -0.05) is 24.6 Å². The molecule has 1 heterocycles. The normalized spacial score (nSPS) is 11.0. The SMILES string of the molecule is CCCCc1noc(CN(C)CC(=O)Nc2cccc(F)c2)n1. The number of aryl methyl sites for hydroxylation is 1. The van der Waals surface area contributed by atoms with Gasteiger partial charge in [-0.2, -0.15) is 4.98 Å². The Morgan fingerprint density at radius 3 is 3.00 bits per heavy atom. The van der Waals surface area contributed by atoms with Gasteiger partial charge >= 0.3 is 0 Å². The number of nitrogens with zero attached hydrogens (tertiary/aromatic N) is 3. The molecule has 0 saturated heterocycles. The Labute approximate surface area is 134 Å². The lowest BCUT2D eigenvalue weighted by Crippen LogP contribution is -2.30. The summed E-state index contributed by atoms with van der Waals surface area (Å²) in [5, 5.41) is 6.55. The molecule has 0 bridgehead atoms. The van der Waals surface area contributed by atoms with Gasteiger partial charge in [0.1, 0.15) is 5.82 Å². The Morgan fingerprint density at radius 1 is 1.43 bits per heavy atom. The third kappa shape index (κ3) is 5.78. The van der Waals surface area contributed by atoms with Crippen molar-refractivity contribution >= 4 is 11.6 Å². The molecule has 1 amide bonds. The second-order valence-electron chi connectivity index (χ2n) is 5.44. The lowest BCUT2D eigenvalue weighted by Gasteiger charge is -2.13. The predicted molar refractivity (Wildman–Crippen MR) is 84.3 cm³/mol. The van der Waals surface area contributed by atoms with Crippen molar-refractivity contribution in [2.24, 2.45) is 0 Å². The second-order valence-corrected chi connectivity index (χ2v) is 5.44. The molecule has 1 aromatic heterocycles. The molecule has 1 N–H and O–H groups in total. The van der Waals surface area contributed by atoms with Crippen LogP contribution in [0.25, 0.3) is 0 Å². The number of hydrogen-bond donors (Lipinski definition) is 1. The molecule has 0 unspecified atom stereocenters. The van der Waals surface area contributed by atoms with E-state index in [-0.39, 0.29) is 18.3 Å². The van der Waals surface area contributed by atoms with Crippen molar-refractivity contribution in [1.29, 1.82) is 0 Å². The molecule has 7 heteroatoms. The van der Waals surface area contributed by atoms with Crippen LogP contribution in [-0.4, -0.2) is 34.5 Å². The van der Waals surface area contributed by atoms with Crippen molar-refractivity contribution in [2.45, 2.75) is 32.7 Å². The number of hydrogen-bond acceptors (Lipinski definition) is 5. The first kappa shape index (κ1) is 17.1. The van der Waals surface area contributed by atoms with Crippen LogP contribution in [0.4, 0.5) is 10.1 Å². The van der Waals surface area contributed by atoms with E-state index in [0.29, 0.717) is 23.9 Å². The van der Waals surface area contributed by atoms with Crippen LogP contribution in [0.2, 0.25) is 0 Å². The van der Waals surface area contributed by atoms with Crippen LogP contribution in [0.1, 0.15) is 31.5 Å². The number of rotatable bonds is 8. The fraction of sp³-hybridized carbons (Fsp3) is 0.438. The molecule has 23 heavy (non-hydrogen) atoms. The topological polar surface area (TPSA) is 71.3 Å². The summed E-state index contributed by atoms with van der Waals surface area (Å²) in [4.78, 5) is 18.0. The minimum absolute atomic E-state index is 0.142. The second kappa shape index (κ2) is 8.38. The summed E-state index contributed by atoms with van der Waals surface area (Å²) in [5.41, 5.74) is 0.433. The Hall–Kier alpha value is -2.28. The third-order valence-corrected chi connectivity index (χ3v) is 3.19. The maximum atomic E-state index is 13.1. The van der Waals surface area contributed by atoms with E-state index in [1.807, 2.05) is 0 Å². The van der Waals surface area contributed by atoms with E-state index in [4.69, 9.17) is 4.52 Å².